The number of aromatic amines is 3. The van der Waals surface area contributed by atoms with Crippen LogP contribution < -0.4 is 0 Å². The van der Waals surface area contributed by atoms with Crippen LogP contribution in [0.1, 0.15) is 21.3 Å². The fraction of sp³-hybridized carbons (Fsp3) is 0.0652. The van der Waals surface area contributed by atoms with Crippen LogP contribution in [0.5, 0.6) is 5.75 Å². The Morgan fingerprint density at radius 1 is 0.435 bits per heavy atom. The number of rotatable bonds is 0. The third-order valence-corrected chi connectivity index (χ3v) is 5.81. The minimum Gasteiger partial charge on any atom is -0.508 e. The summed E-state index contributed by atoms with van der Waals surface area (Å²) in [5.74, 6) is 0.322. The van der Waals surface area contributed by atoms with Gasteiger partial charge in [-0.25, -0.2) is 39.9 Å². The van der Waals surface area contributed by atoms with Gasteiger partial charge >= 0.3 is 0 Å². The number of nitrogens with zero attached hydrogens (tertiary/aromatic N) is 15. The summed E-state index contributed by atoms with van der Waals surface area (Å²) in [6.45, 7) is 4.00. The Bertz CT molecular complexity index is 1760. The average Bonchev–Trinajstić information content (AvgIpc) is 4.31. The molecule has 0 saturated carbocycles. The monoisotopic (exact) mass is 956 g/mol. The number of hydrogen-bond acceptors (Lipinski definition) is 20. The van der Waals surface area contributed by atoms with E-state index in [0.717, 1.165) is 0 Å². The number of pyridine rings is 1. The van der Waals surface area contributed by atoms with Crippen molar-refractivity contribution >= 4 is 11.3 Å². The van der Waals surface area contributed by atoms with Crippen LogP contribution in [0, 0.1) is 0 Å². The maximum Gasteiger partial charge on any atom is 0.180 e. The van der Waals surface area contributed by atoms with E-state index in [-0.39, 0.29) is 7.43 Å². The van der Waals surface area contributed by atoms with E-state index in [1.54, 1.807) is 165 Å². The van der Waals surface area contributed by atoms with E-state index in [9.17, 15) is 0 Å². The molecule has 12 rings (SSSR count). The minimum absolute atomic E-state index is 0. The minimum atomic E-state index is 0. The summed E-state index contributed by atoms with van der Waals surface area (Å²) < 4.78 is 13.4. The molecule has 69 heavy (non-hydrogen) atoms. The molecule has 0 aliphatic carbocycles. The van der Waals surface area contributed by atoms with E-state index in [4.69, 9.17) is 5.11 Å². The molecular formula is C46H56N18O4S. The Morgan fingerprint density at radius 3 is 1.28 bits per heavy atom. The largest absolute Gasteiger partial charge is 0.508 e. The number of nitrogens with one attached hydrogen (secondary N) is 3. The van der Waals surface area contributed by atoms with Crippen LogP contribution in [-0.2, 0) is 0 Å². The molecule has 0 aliphatic rings. The smallest absolute Gasteiger partial charge is 0.180 e. The molecule has 4 N–H and O–H groups in total. The molecule has 0 aliphatic heterocycles. The number of benzene rings is 1. The summed E-state index contributed by atoms with van der Waals surface area (Å²) in [5, 5.41) is 26.1. The van der Waals surface area contributed by atoms with E-state index in [1.807, 2.05) is 61.7 Å². The Kier molecular flexibility index (Phi) is 51.7. The zero-order chi connectivity index (χ0) is 48.8. The first-order valence-electron chi connectivity index (χ1n) is 19.5. The van der Waals surface area contributed by atoms with Gasteiger partial charge < -0.3 is 23.4 Å². The molecule has 0 spiro atoms. The van der Waals surface area contributed by atoms with Crippen LogP contribution in [0.4, 0.5) is 0 Å². The maximum absolute atomic E-state index is 8.63. The first kappa shape index (κ1) is 61.3. The third-order valence-electron chi connectivity index (χ3n) is 5.29. The summed E-state index contributed by atoms with van der Waals surface area (Å²) in [6.07, 6.45) is 43.3. The molecule has 0 atom stereocenters. The summed E-state index contributed by atoms with van der Waals surface area (Å²) in [7, 11) is 0. The average molecular weight is 957 g/mol. The van der Waals surface area contributed by atoms with Gasteiger partial charge in [-0.1, -0.05) is 50.7 Å². The molecule has 1 aromatic carbocycles. The van der Waals surface area contributed by atoms with Crippen LogP contribution in [0.3, 0.4) is 0 Å². The lowest BCUT2D eigenvalue weighted by Crippen LogP contribution is -1.73. The van der Waals surface area contributed by atoms with Crippen molar-refractivity contribution in [3.63, 3.8) is 0 Å². The molecule has 22 nitrogen and oxygen atoms in total. The second kappa shape index (κ2) is 58.2. The van der Waals surface area contributed by atoms with Crippen molar-refractivity contribution in [3.05, 3.63) is 258 Å². The number of thiazole rings is 1. The number of phenols is 1. The summed E-state index contributed by atoms with van der Waals surface area (Å²) >= 11 is 1.60. The fourth-order valence-corrected chi connectivity index (χ4v) is 3.15. The van der Waals surface area contributed by atoms with Gasteiger partial charge in [-0.2, -0.15) is 10.2 Å². The number of oxazole rings is 1. The molecule has 0 radical (unpaired) electrons. The summed E-state index contributed by atoms with van der Waals surface area (Å²) in [5.41, 5.74) is 1.79. The van der Waals surface area contributed by atoms with Crippen molar-refractivity contribution < 1.29 is 18.5 Å². The van der Waals surface area contributed by atoms with E-state index in [0.29, 0.717) is 5.75 Å². The SMILES string of the molecule is C.CC.Oc1ccccc1.c1c[nH]cn1.c1ccncc1.c1ccoc1.c1cn[nH]c1.c1cnccn1.c1cncnc1.c1cnoc1.c1cocn1.c1cscn1.c1nc[nH]n1.c1ncncn1. The van der Waals surface area contributed by atoms with Crippen LogP contribution in [0.2, 0.25) is 0 Å². The van der Waals surface area contributed by atoms with Crippen LogP contribution in [0.15, 0.2) is 272 Å². The molecule has 0 unspecified atom stereocenters. The van der Waals surface area contributed by atoms with Crippen molar-refractivity contribution in [3.8, 4) is 5.75 Å². The molecule has 11 heterocycles. The van der Waals surface area contributed by atoms with E-state index >= 15 is 0 Å². The van der Waals surface area contributed by atoms with Gasteiger partial charge in [-0.3, -0.25) is 30.1 Å². The van der Waals surface area contributed by atoms with Crippen LogP contribution >= 0.6 is 11.3 Å². The van der Waals surface area contributed by atoms with Crippen LogP contribution in [-0.4, -0.2) is 95.4 Å². The van der Waals surface area contributed by atoms with E-state index in [2.05, 4.69) is 104 Å². The first-order chi connectivity index (χ1) is 33.9. The quantitative estimate of drug-likeness (QED) is 0.110. The topological polar surface area (TPSA) is 300 Å². The fourth-order valence-electron chi connectivity index (χ4n) is 2.80. The highest BCUT2D eigenvalue weighted by Gasteiger charge is 1.75. The van der Waals surface area contributed by atoms with Gasteiger partial charge in [0.15, 0.2) is 6.39 Å². The number of para-hydroxylation sites is 1. The molecule has 360 valence electrons. The molecule has 0 amide bonds. The Hall–Kier alpha value is -9.77. The third kappa shape index (κ3) is 56.2. The molecular weight excluding hydrogens is 901 g/mol. The zero-order valence-electron chi connectivity index (χ0n) is 37.0. The Balaban J connectivity index is 0. The zero-order valence-corrected chi connectivity index (χ0v) is 37.9. The lowest BCUT2D eigenvalue weighted by molar-refractivity contribution is 0.420. The predicted molar refractivity (Wildman–Crippen MR) is 262 cm³/mol. The van der Waals surface area contributed by atoms with Crippen molar-refractivity contribution in [2.75, 3.05) is 0 Å². The first-order valence-corrected chi connectivity index (χ1v) is 20.5. The highest BCUT2D eigenvalue weighted by Crippen LogP contribution is 2.02. The van der Waals surface area contributed by atoms with Crippen molar-refractivity contribution in [1.29, 1.82) is 0 Å². The molecule has 0 fully saturated rings. The number of aromatic nitrogens is 18. The lowest BCUT2D eigenvalue weighted by Gasteiger charge is -1.82. The van der Waals surface area contributed by atoms with Gasteiger partial charge in [0.25, 0.3) is 0 Å². The second-order valence-corrected chi connectivity index (χ2v) is 10.7. The Morgan fingerprint density at radius 2 is 1.09 bits per heavy atom. The number of phenolic OH excluding ortho intramolecular Hbond substituents is 1. The van der Waals surface area contributed by atoms with Gasteiger partial charge in [0.1, 0.15) is 56.2 Å². The molecule has 23 heteroatoms. The second-order valence-electron chi connectivity index (χ2n) is 9.96. The van der Waals surface area contributed by atoms with Gasteiger partial charge in [-0.05, 0) is 54.6 Å². The molecule has 11 aromatic heterocycles. The highest BCUT2D eigenvalue weighted by molar-refractivity contribution is 7.07. The maximum atomic E-state index is 8.63. The van der Waals surface area contributed by atoms with Crippen molar-refractivity contribution in [2.45, 2.75) is 21.3 Å². The number of hydrogen-bond donors (Lipinski definition) is 4. The number of imidazole rings is 1. The molecule has 0 bridgehead atoms. The van der Waals surface area contributed by atoms with Gasteiger partial charge in [0, 0.05) is 85.9 Å². The van der Waals surface area contributed by atoms with Gasteiger partial charge in [0.2, 0.25) is 0 Å². The molecule has 0 saturated heterocycles. The predicted octanol–water partition coefficient (Wildman–Crippen LogP) is 9.36. The molecule has 12 aromatic rings. The number of aromatic hydroxyl groups is 1. The normalized spacial score (nSPS) is 7.80. The van der Waals surface area contributed by atoms with Gasteiger partial charge in [0.05, 0.1) is 36.8 Å². The highest BCUT2D eigenvalue weighted by atomic mass is 32.1. The van der Waals surface area contributed by atoms with Crippen molar-refractivity contribution in [1.82, 2.24) is 90.3 Å². The standard InChI is InChI=1S/C6H6O.C5H5N.2C4H4N2.C4H4O.C3H3N3.2C3H4N2.2C3H3NO.C3H3NS.C2H3N3.C2H6.CH4/c7-6-4-2-1-3-5-6;1-2-4-6-5-3-1;1-2-6-4-3-5-1;1-2-5-4-6-3-1;1-2-4-5-3-1;1-4-2-6-3-5-1;1-2-5-3-4-1;1-2-4-5-3-1;1-2-5-3-4-1;1-2-4-5-3-1;1-2-5-3-4-1;1-3-2-5-4-1;1-2;/h1-5,7H;1-5H;2*1-4H;1-4H;1-3H;2*1-3H,(H,4,5);3*1-3H;1-2H,(H,3,4,5);1-2H3;1H4. The number of H-pyrrole nitrogens is 3. The summed E-state index contributed by atoms with van der Waals surface area (Å²) in [6, 6.07) is 23.4. The lowest BCUT2D eigenvalue weighted by atomic mass is 10.3. The van der Waals surface area contributed by atoms with E-state index in [1.165, 1.54) is 56.9 Å². The summed E-state index contributed by atoms with van der Waals surface area (Å²) in [4.78, 5) is 46.5. The number of furan rings is 1. The van der Waals surface area contributed by atoms with Crippen LogP contribution in [0.25, 0.3) is 0 Å². The van der Waals surface area contributed by atoms with Crippen molar-refractivity contribution in [2.24, 2.45) is 0 Å². The van der Waals surface area contributed by atoms with E-state index < -0.39 is 0 Å². The Labute approximate surface area is 404 Å². The van der Waals surface area contributed by atoms with Gasteiger partial charge in [-0.15, -0.1) is 11.3 Å².